The van der Waals surface area contributed by atoms with E-state index in [0.29, 0.717) is 5.69 Å². The Kier molecular flexibility index (Phi) is 2.94. The second kappa shape index (κ2) is 3.78. The minimum atomic E-state index is -5.01. The molecule has 3 N–H and O–H groups in total. The average molecular weight is 233 g/mol. The summed E-state index contributed by atoms with van der Waals surface area (Å²) in [7, 11) is 0. The Labute approximate surface area is 72.3 Å². The first-order valence-corrected chi connectivity index (χ1v) is 6.34. The van der Waals surface area contributed by atoms with Crippen molar-refractivity contribution >= 4 is 20.2 Å². The van der Waals surface area contributed by atoms with Gasteiger partial charge in [-0.3, -0.25) is 0 Å². The zero-order valence-corrected chi connectivity index (χ0v) is 7.92. The third kappa shape index (κ3) is 3.59. The van der Waals surface area contributed by atoms with Crippen molar-refractivity contribution in [1.29, 1.82) is 0 Å². The Balaban J connectivity index is 2.50. The van der Waals surface area contributed by atoms with Gasteiger partial charge in [-0.2, -0.15) is 0 Å². The summed E-state index contributed by atoms with van der Waals surface area (Å²) >= 11 is -5.01. The van der Waals surface area contributed by atoms with E-state index >= 15 is 0 Å². The first-order chi connectivity index (χ1) is 5.58. The third-order valence-corrected chi connectivity index (χ3v) is 1.75. The summed E-state index contributed by atoms with van der Waals surface area (Å²) in [5, 5.41) is 0. The predicted molar refractivity (Wildman–Crippen MR) is 42.0 cm³/mol. The Morgan fingerprint density at radius 2 is 1.83 bits per heavy atom. The van der Waals surface area contributed by atoms with Crippen LogP contribution in [0.2, 0.25) is 0 Å². The van der Waals surface area contributed by atoms with Crippen LogP contribution in [0.1, 0.15) is 0 Å². The number of para-hydroxylation sites is 1. The zero-order chi connectivity index (χ0) is 9.03. The molecule has 0 amide bonds. The normalized spacial score (nSPS) is 11.2. The number of benzene rings is 1. The van der Waals surface area contributed by atoms with Crippen molar-refractivity contribution in [3.05, 3.63) is 30.3 Å². The molecule has 66 valence electrons. The van der Waals surface area contributed by atoms with Crippen molar-refractivity contribution in [2.24, 2.45) is 0 Å². The van der Waals surface area contributed by atoms with Crippen LogP contribution in [0, 0.1) is 0 Å². The predicted octanol–water partition coefficient (Wildman–Crippen LogP) is -0.119. The molecule has 0 aromatic heterocycles. The Morgan fingerprint density at radius 1 is 1.25 bits per heavy atom. The van der Waals surface area contributed by atoms with Crippen molar-refractivity contribution in [3.8, 4) is 0 Å². The van der Waals surface area contributed by atoms with Crippen molar-refractivity contribution in [3.63, 3.8) is 0 Å². The van der Waals surface area contributed by atoms with Crippen LogP contribution in [-0.4, -0.2) is 22.7 Å². The molecule has 0 saturated carbocycles. The molecule has 1 aromatic rings. The molecule has 0 aliphatic rings. The molecule has 0 atom stereocenters. The fraction of sp³-hybridized carbons (Fsp3) is 0. The third-order valence-electron chi connectivity index (χ3n) is 1.06. The molecule has 0 saturated heterocycles. The molecule has 0 bridgehead atoms. The topological polar surface area (TPSA) is 78.8 Å². The first kappa shape index (κ1) is 9.35. The number of nitrogens with one attached hydrogen (secondary N) is 1. The van der Waals surface area contributed by atoms with Crippen LogP contribution in [0.15, 0.2) is 30.3 Å². The van der Waals surface area contributed by atoms with E-state index in [1.165, 1.54) is 0 Å². The Morgan fingerprint density at radius 3 is 2.33 bits per heavy atom. The quantitative estimate of drug-likeness (QED) is 0.501. The SMILES string of the molecule is O=[As](O)(O)ONc1ccccc1. The van der Waals surface area contributed by atoms with Crippen LogP contribution >= 0.6 is 0 Å². The summed E-state index contributed by atoms with van der Waals surface area (Å²) < 4.78 is 31.1. The molecular formula is C6H8AsNO4. The maximum atomic E-state index is 10.3. The second-order valence-electron chi connectivity index (χ2n) is 2.05. The van der Waals surface area contributed by atoms with Crippen molar-refractivity contribution in [1.82, 2.24) is 0 Å². The van der Waals surface area contributed by atoms with Gasteiger partial charge in [-0.05, 0) is 0 Å². The summed E-state index contributed by atoms with van der Waals surface area (Å²) in [4.78, 5) is 0. The Hall–Kier alpha value is -0.742. The van der Waals surface area contributed by atoms with E-state index in [1.807, 2.05) is 0 Å². The molecule has 0 aliphatic heterocycles. The van der Waals surface area contributed by atoms with Gasteiger partial charge in [0, 0.05) is 0 Å². The molecule has 0 aliphatic carbocycles. The van der Waals surface area contributed by atoms with Crippen molar-refractivity contribution in [2.75, 3.05) is 5.48 Å². The molecular weight excluding hydrogens is 225 g/mol. The number of anilines is 1. The van der Waals surface area contributed by atoms with Crippen LogP contribution in [-0.2, 0) is 7.57 Å². The summed E-state index contributed by atoms with van der Waals surface area (Å²) in [6.45, 7) is 0. The number of hydrogen-bond acceptors (Lipinski definition) is 3. The van der Waals surface area contributed by atoms with Crippen LogP contribution in [0.5, 0.6) is 0 Å². The van der Waals surface area contributed by atoms with Gasteiger partial charge in [-0.1, -0.05) is 0 Å². The Bertz CT molecular complexity index is 283. The van der Waals surface area contributed by atoms with E-state index in [0.717, 1.165) is 0 Å². The molecule has 6 heteroatoms. The van der Waals surface area contributed by atoms with E-state index in [-0.39, 0.29) is 0 Å². The van der Waals surface area contributed by atoms with Crippen molar-refractivity contribution < 1.29 is 15.8 Å². The van der Waals surface area contributed by atoms with E-state index in [9.17, 15) is 3.74 Å². The van der Waals surface area contributed by atoms with Gasteiger partial charge in [0.15, 0.2) is 0 Å². The molecule has 1 aromatic carbocycles. The zero-order valence-electron chi connectivity index (χ0n) is 6.04. The fourth-order valence-corrected chi connectivity index (χ4v) is 1.09. The summed E-state index contributed by atoms with van der Waals surface area (Å²) in [6, 6.07) is 8.49. The van der Waals surface area contributed by atoms with Gasteiger partial charge < -0.3 is 0 Å². The van der Waals surface area contributed by atoms with Gasteiger partial charge in [0.05, 0.1) is 0 Å². The number of rotatable bonds is 3. The molecule has 12 heavy (non-hydrogen) atoms. The van der Waals surface area contributed by atoms with E-state index in [4.69, 9.17) is 8.19 Å². The monoisotopic (exact) mass is 233 g/mol. The van der Waals surface area contributed by atoms with Gasteiger partial charge >= 0.3 is 71.8 Å². The molecule has 0 radical (unpaired) electrons. The molecule has 0 unspecified atom stereocenters. The second-order valence-corrected chi connectivity index (χ2v) is 4.49. The van der Waals surface area contributed by atoms with Gasteiger partial charge in [0.25, 0.3) is 0 Å². The van der Waals surface area contributed by atoms with Crippen molar-refractivity contribution in [2.45, 2.75) is 0 Å². The van der Waals surface area contributed by atoms with E-state index in [1.54, 1.807) is 30.3 Å². The van der Waals surface area contributed by atoms with Crippen LogP contribution < -0.4 is 5.48 Å². The van der Waals surface area contributed by atoms with E-state index < -0.39 is 14.5 Å². The van der Waals surface area contributed by atoms with E-state index in [2.05, 4.69) is 9.31 Å². The summed E-state index contributed by atoms with van der Waals surface area (Å²) in [5.74, 6) is 0. The standard InChI is InChI=1S/C6H8AsNO4/c9-7(10,11)12-8-6-4-2-1-3-5-6/h1-5,8H,(H2,9,10,11). The maximum absolute atomic E-state index is 10.3. The van der Waals surface area contributed by atoms with Gasteiger partial charge in [-0.25, -0.2) is 0 Å². The van der Waals surface area contributed by atoms with Crippen LogP contribution in [0.4, 0.5) is 5.69 Å². The van der Waals surface area contributed by atoms with Gasteiger partial charge in [-0.15, -0.1) is 0 Å². The van der Waals surface area contributed by atoms with Gasteiger partial charge in [0.2, 0.25) is 0 Å². The summed E-state index contributed by atoms with van der Waals surface area (Å²) in [5.41, 5.74) is 2.65. The van der Waals surface area contributed by atoms with Gasteiger partial charge in [0.1, 0.15) is 0 Å². The van der Waals surface area contributed by atoms with Crippen LogP contribution in [0.3, 0.4) is 0 Å². The fourth-order valence-electron chi connectivity index (χ4n) is 0.618. The van der Waals surface area contributed by atoms with Crippen LogP contribution in [0.25, 0.3) is 0 Å². The molecule has 5 nitrogen and oxygen atoms in total. The summed E-state index contributed by atoms with van der Waals surface area (Å²) in [6.07, 6.45) is 0. The minimum absolute atomic E-state index is 0.502. The molecule has 1 rings (SSSR count). The molecule has 0 fully saturated rings. The average Bonchev–Trinajstić information content (AvgIpc) is 2.02. The molecule has 0 spiro atoms. The molecule has 0 heterocycles. The first-order valence-electron chi connectivity index (χ1n) is 3.13. The number of hydrogen-bond donors (Lipinski definition) is 3.